The number of fused-ring (bicyclic) bond motifs is 1. The Balaban J connectivity index is 2.48. The average Bonchev–Trinajstić information content (AvgIpc) is 2.99. The lowest BCUT2D eigenvalue weighted by Crippen LogP contribution is -2.36. The highest BCUT2D eigenvalue weighted by atomic mass is 32.1. The van der Waals surface area contributed by atoms with Crippen LogP contribution in [0.4, 0.5) is 0 Å². The summed E-state index contributed by atoms with van der Waals surface area (Å²) in [6.07, 6.45) is 1.67. The third-order valence-electron chi connectivity index (χ3n) is 3.19. The number of rotatable bonds is 1. The Morgan fingerprint density at radius 1 is 1.26 bits per heavy atom. The molecule has 3 heterocycles. The predicted octanol–water partition coefficient (Wildman–Crippen LogP) is 0.997. The van der Waals surface area contributed by atoms with E-state index in [2.05, 4.69) is 9.97 Å². The summed E-state index contributed by atoms with van der Waals surface area (Å²) in [6, 6.07) is 0. The lowest BCUT2D eigenvalue weighted by atomic mass is 10.2. The summed E-state index contributed by atoms with van der Waals surface area (Å²) in [5.41, 5.74) is 1.34. The highest BCUT2D eigenvalue weighted by molar-refractivity contribution is 7.09. The summed E-state index contributed by atoms with van der Waals surface area (Å²) in [5, 5.41) is 3.32. The van der Waals surface area contributed by atoms with Gasteiger partial charge in [0.15, 0.2) is 0 Å². The molecule has 0 aromatic carbocycles. The molecular formula is C12H12N4O2S. The fourth-order valence-corrected chi connectivity index (χ4v) is 2.76. The standard InChI is InChI=1S/C12H12N4O2S/c1-6-14-7(5-19-6)10-9-8(4-13-10)15(2)12(18)16(3)11(9)17/h4-5,13H,1-3H3. The van der Waals surface area contributed by atoms with E-state index in [1.54, 1.807) is 13.2 Å². The van der Waals surface area contributed by atoms with Crippen LogP contribution in [0.1, 0.15) is 5.01 Å². The van der Waals surface area contributed by atoms with Crippen LogP contribution in [0.3, 0.4) is 0 Å². The van der Waals surface area contributed by atoms with Crippen molar-refractivity contribution in [1.82, 2.24) is 19.1 Å². The van der Waals surface area contributed by atoms with Crippen molar-refractivity contribution in [1.29, 1.82) is 0 Å². The van der Waals surface area contributed by atoms with Gasteiger partial charge in [-0.15, -0.1) is 11.3 Å². The van der Waals surface area contributed by atoms with Crippen molar-refractivity contribution < 1.29 is 0 Å². The largest absolute Gasteiger partial charge is 0.357 e. The molecule has 1 N–H and O–H groups in total. The van der Waals surface area contributed by atoms with Gasteiger partial charge in [0.2, 0.25) is 0 Å². The minimum Gasteiger partial charge on any atom is -0.357 e. The van der Waals surface area contributed by atoms with E-state index in [1.165, 1.54) is 23.0 Å². The third kappa shape index (κ3) is 1.58. The van der Waals surface area contributed by atoms with E-state index in [0.29, 0.717) is 16.6 Å². The number of aryl methyl sites for hydroxylation is 2. The van der Waals surface area contributed by atoms with Gasteiger partial charge in [-0.1, -0.05) is 0 Å². The van der Waals surface area contributed by atoms with Gasteiger partial charge in [0, 0.05) is 25.7 Å². The summed E-state index contributed by atoms with van der Waals surface area (Å²) in [6.45, 7) is 1.91. The van der Waals surface area contributed by atoms with Crippen LogP contribution in [0.2, 0.25) is 0 Å². The van der Waals surface area contributed by atoms with Gasteiger partial charge in [0.25, 0.3) is 5.56 Å². The van der Waals surface area contributed by atoms with Gasteiger partial charge in [0.1, 0.15) is 0 Å². The molecule has 0 saturated heterocycles. The van der Waals surface area contributed by atoms with Crippen LogP contribution in [0.25, 0.3) is 22.3 Å². The normalized spacial score (nSPS) is 11.3. The minimum absolute atomic E-state index is 0.306. The van der Waals surface area contributed by atoms with Crippen LogP contribution in [0, 0.1) is 6.92 Å². The second-order valence-electron chi connectivity index (χ2n) is 4.38. The molecule has 3 aromatic heterocycles. The van der Waals surface area contributed by atoms with Gasteiger partial charge in [-0.2, -0.15) is 0 Å². The van der Waals surface area contributed by atoms with Crippen LogP contribution < -0.4 is 11.2 Å². The van der Waals surface area contributed by atoms with Gasteiger partial charge in [0.05, 0.1) is 27.3 Å². The summed E-state index contributed by atoms with van der Waals surface area (Å²) in [4.78, 5) is 31.5. The smallest absolute Gasteiger partial charge is 0.330 e. The van der Waals surface area contributed by atoms with Crippen LogP contribution >= 0.6 is 11.3 Å². The van der Waals surface area contributed by atoms with Gasteiger partial charge in [-0.05, 0) is 6.92 Å². The molecule has 0 radical (unpaired) electrons. The molecule has 6 nitrogen and oxygen atoms in total. The zero-order valence-electron chi connectivity index (χ0n) is 10.7. The van der Waals surface area contributed by atoms with Crippen molar-refractivity contribution >= 4 is 22.2 Å². The van der Waals surface area contributed by atoms with E-state index in [1.807, 2.05) is 12.3 Å². The van der Waals surface area contributed by atoms with E-state index in [4.69, 9.17) is 0 Å². The molecular weight excluding hydrogens is 264 g/mol. The maximum absolute atomic E-state index is 12.3. The second-order valence-corrected chi connectivity index (χ2v) is 5.44. The molecule has 7 heteroatoms. The Morgan fingerprint density at radius 3 is 2.63 bits per heavy atom. The van der Waals surface area contributed by atoms with Crippen LogP contribution in [-0.4, -0.2) is 19.1 Å². The van der Waals surface area contributed by atoms with Gasteiger partial charge in [-0.3, -0.25) is 13.9 Å². The summed E-state index contributed by atoms with van der Waals surface area (Å²) in [5.74, 6) is 0. The predicted molar refractivity (Wildman–Crippen MR) is 74.6 cm³/mol. The molecule has 0 bridgehead atoms. The highest BCUT2D eigenvalue weighted by Crippen LogP contribution is 2.25. The molecule has 19 heavy (non-hydrogen) atoms. The maximum atomic E-state index is 12.3. The Labute approximate surface area is 112 Å². The molecule has 0 atom stereocenters. The Bertz CT molecular complexity index is 897. The van der Waals surface area contributed by atoms with Crippen LogP contribution in [0.5, 0.6) is 0 Å². The summed E-state index contributed by atoms with van der Waals surface area (Å²) in [7, 11) is 3.13. The maximum Gasteiger partial charge on any atom is 0.330 e. The molecule has 0 unspecified atom stereocenters. The van der Waals surface area contributed by atoms with E-state index < -0.39 is 0 Å². The van der Waals surface area contributed by atoms with E-state index >= 15 is 0 Å². The first-order valence-electron chi connectivity index (χ1n) is 5.70. The fourth-order valence-electron chi connectivity index (χ4n) is 2.16. The SMILES string of the molecule is Cc1nc(-c2[nH]cc3c2c(=O)n(C)c(=O)n3C)cs1. The number of aromatic nitrogens is 4. The Kier molecular flexibility index (Phi) is 2.46. The topological polar surface area (TPSA) is 72.7 Å². The Hall–Kier alpha value is -2.15. The summed E-state index contributed by atoms with van der Waals surface area (Å²) >= 11 is 1.52. The minimum atomic E-state index is -0.336. The molecule has 0 aliphatic carbocycles. The van der Waals surface area contributed by atoms with Crippen molar-refractivity contribution in [2.24, 2.45) is 14.1 Å². The highest BCUT2D eigenvalue weighted by Gasteiger charge is 2.16. The van der Waals surface area contributed by atoms with Crippen LogP contribution in [0.15, 0.2) is 21.2 Å². The lowest BCUT2D eigenvalue weighted by Gasteiger charge is -2.03. The monoisotopic (exact) mass is 276 g/mol. The first kappa shape index (κ1) is 11.9. The lowest BCUT2D eigenvalue weighted by molar-refractivity contribution is 0.714. The van der Waals surface area contributed by atoms with E-state index in [0.717, 1.165) is 15.3 Å². The number of aromatic amines is 1. The molecule has 0 spiro atoms. The number of hydrogen-bond donors (Lipinski definition) is 1. The summed E-state index contributed by atoms with van der Waals surface area (Å²) < 4.78 is 2.56. The molecule has 0 amide bonds. The molecule has 0 saturated carbocycles. The second kappa shape index (κ2) is 3.92. The quantitative estimate of drug-likeness (QED) is 0.720. The number of nitrogens with zero attached hydrogens (tertiary/aromatic N) is 3. The number of hydrogen-bond acceptors (Lipinski definition) is 4. The first-order chi connectivity index (χ1) is 9.00. The molecule has 0 aliphatic heterocycles. The fraction of sp³-hybridized carbons (Fsp3) is 0.250. The van der Waals surface area contributed by atoms with Crippen molar-refractivity contribution in [3.8, 4) is 11.4 Å². The molecule has 3 rings (SSSR count). The zero-order valence-corrected chi connectivity index (χ0v) is 11.5. The number of thiazole rings is 1. The van der Waals surface area contributed by atoms with Crippen molar-refractivity contribution in [2.45, 2.75) is 6.92 Å². The van der Waals surface area contributed by atoms with Crippen molar-refractivity contribution in [3.63, 3.8) is 0 Å². The Morgan fingerprint density at radius 2 is 2.00 bits per heavy atom. The zero-order chi connectivity index (χ0) is 13.7. The van der Waals surface area contributed by atoms with Crippen molar-refractivity contribution in [3.05, 3.63) is 37.4 Å². The van der Waals surface area contributed by atoms with Gasteiger partial charge in [-0.25, -0.2) is 9.78 Å². The molecule has 0 aliphatic rings. The average molecular weight is 276 g/mol. The molecule has 0 fully saturated rings. The van der Waals surface area contributed by atoms with Crippen molar-refractivity contribution in [2.75, 3.05) is 0 Å². The molecule has 3 aromatic rings. The number of nitrogens with one attached hydrogen (secondary N) is 1. The molecule has 98 valence electrons. The van der Waals surface area contributed by atoms with Gasteiger partial charge >= 0.3 is 5.69 Å². The van der Waals surface area contributed by atoms with Gasteiger partial charge < -0.3 is 4.98 Å². The number of H-pyrrole nitrogens is 1. The van der Waals surface area contributed by atoms with E-state index in [9.17, 15) is 9.59 Å². The van der Waals surface area contributed by atoms with Crippen LogP contribution in [-0.2, 0) is 14.1 Å². The first-order valence-corrected chi connectivity index (χ1v) is 6.58. The van der Waals surface area contributed by atoms with E-state index in [-0.39, 0.29) is 11.2 Å². The third-order valence-corrected chi connectivity index (χ3v) is 3.96.